The number of amides is 2. The van der Waals surface area contributed by atoms with E-state index in [1.165, 1.54) is 29.7 Å². The first-order valence-electron chi connectivity index (χ1n) is 11.6. The number of anilines is 1. The number of aromatic nitrogens is 2. The minimum Gasteiger partial charge on any atom is -0.348 e. The van der Waals surface area contributed by atoms with Crippen LogP contribution in [0, 0.1) is 17.5 Å². The summed E-state index contributed by atoms with van der Waals surface area (Å²) in [7, 11) is 0. The van der Waals surface area contributed by atoms with E-state index in [1.807, 2.05) is 23.6 Å². The summed E-state index contributed by atoms with van der Waals surface area (Å²) in [4.78, 5) is 41.9. The number of halogens is 3. The molecule has 1 aliphatic heterocycles. The van der Waals surface area contributed by atoms with Crippen molar-refractivity contribution in [1.82, 2.24) is 14.9 Å². The smallest absolute Gasteiger partial charge is 0.263 e. The summed E-state index contributed by atoms with van der Waals surface area (Å²) in [5.41, 5.74) is 1.97. The van der Waals surface area contributed by atoms with E-state index < -0.39 is 28.9 Å². The summed E-state index contributed by atoms with van der Waals surface area (Å²) in [5, 5.41) is 8.03. The summed E-state index contributed by atoms with van der Waals surface area (Å²) >= 11 is 1.43. The molecular weight excluding hydrogens is 529 g/mol. The number of hydrogen-bond donors (Lipinski definition) is 2. The Labute approximate surface area is 224 Å². The number of rotatable bonds is 7. The molecule has 11 heteroatoms. The number of nitrogens with zero attached hydrogens (tertiary/aromatic N) is 2. The summed E-state index contributed by atoms with van der Waals surface area (Å²) in [6, 6.07) is 9.86. The molecule has 0 radical (unpaired) electrons. The van der Waals surface area contributed by atoms with E-state index in [2.05, 4.69) is 15.6 Å². The molecule has 2 amide bonds. The maximum Gasteiger partial charge on any atom is 0.263 e. The first-order valence-corrected chi connectivity index (χ1v) is 12.5. The van der Waals surface area contributed by atoms with Crippen LogP contribution in [0.3, 0.4) is 0 Å². The summed E-state index contributed by atoms with van der Waals surface area (Å²) in [6.45, 7) is -0.135. The zero-order chi connectivity index (χ0) is 27.5. The number of thiazole rings is 1. The van der Waals surface area contributed by atoms with Crippen molar-refractivity contribution in [1.29, 1.82) is 0 Å². The van der Waals surface area contributed by atoms with Crippen LogP contribution in [0.15, 0.2) is 71.1 Å². The molecule has 0 saturated carbocycles. The van der Waals surface area contributed by atoms with Crippen molar-refractivity contribution in [2.75, 3.05) is 11.9 Å². The second-order valence-corrected chi connectivity index (χ2v) is 9.45. The normalized spacial score (nSPS) is 13.6. The Morgan fingerprint density at radius 3 is 2.64 bits per heavy atom. The van der Waals surface area contributed by atoms with Gasteiger partial charge in [-0.05, 0) is 47.5 Å². The molecular formula is C28H19F3N4O3S. The minimum atomic E-state index is -1.59. The van der Waals surface area contributed by atoms with Crippen molar-refractivity contribution in [3.63, 3.8) is 0 Å². The molecule has 5 rings (SSSR count). The van der Waals surface area contributed by atoms with E-state index in [1.54, 1.807) is 24.4 Å². The van der Waals surface area contributed by atoms with Crippen molar-refractivity contribution < 1.29 is 22.8 Å². The van der Waals surface area contributed by atoms with Gasteiger partial charge in [-0.15, -0.1) is 11.3 Å². The zero-order valence-corrected chi connectivity index (χ0v) is 20.9. The number of benzene rings is 2. The number of carbonyl (C=O) groups excluding carboxylic acids is 2. The lowest BCUT2D eigenvalue weighted by Gasteiger charge is -2.09. The minimum absolute atomic E-state index is 0.0327. The average molecular weight is 549 g/mol. The lowest BCUT2D eigenvalue weighted by atomic mass is 10.0. The molecule has 0 saturated heterocycles. The summed E-state index contributed by atoms with van der Waals surface area (Å²) < 4.78 is 41.4. The molecule has 2 aromatic heterocycles. The van der Waals surface area contributed by atoms with E-state index in [0.29, 0.717) is 11.3 Å². The molecule has 0 bridgehead atoms. The van der Waals surface area contributed by atoms with Gasteiger partial charge in [0.05, 0.1) is 12.1 Å². The molecule has 3 heterocycles. The van der Waals surface area contributed by atoms with Gasteiger partial charge in [-0.2, -0.15) is 0 Å². The molecule has 0 spiro atoms. The average Bonchev–Trinajstić information content (AvgIpc) is 3.53. The number of pyridine rings is 1. The van der Waals surface area contributed by atoms with E-state index in [9.17, 15) is 27.6 Å². The third-order valence-electron chi connectivity index (χ3n) is 5.90. The van der Waals surface area contributed by atoms with Gasteiger partial charge in [-0.1, -0.05) is 24.3 Å². The van der Waals surface area contributed by atoms with Gasteiger partial charge in [-0.3, -0.25) is 14.4 Å². The Bertz CT molecular complexity index is 1690. The SMILES string of the molecule is O=C1Nc2cc(/C=C/CNC(=O)c3cccn(Cc4cc(F)c(F)c(F)c4)c3=O)ccc2/C1=C/c1nccs1. The third kappa shape index (κ3) is 5.58. The number of nitrogens with one attached hydrogen (secondary N) is 2. The van der Waals surface area contributed by atoms with Gasteiger partial charge in [0.2, 0.25) is 0 Å². The molecule has 4 aromatic rings. The lowest BCUT2D eigenvalue weighted by Crippen LogP contribution is -2.33. The summed E-state index contributed by atoms with van der Waals surface area (Å²) in [6.07, 6.45) is 8.22. The van der Waals surface area contributed by atoms with Crippen LogP contribution in [0.1, 0.15) is 32.1 Å². The van der Waals surface area contributed by atoms with Gasteiger partial charge in [0, 0.05) is 35.6 Å². The highest BCUT2D eigenvalue weighted by atomic mass is 32.1. The predicted molar refractivity (Wildman–Crippen MR) is 143 cm³/mol. The lowest BCUT2D eigenvalue weighted by molar-refractivity contribution is -0.110. The molecule has 0 fully saturated rings. The molecule has 7 nitrogen and oxygen atoms in total. The van der Waals surface area contributed by atoms with Gasteiger partial charge in [0.25, 0.3) is 17.4 Å². The van der Waals surface area contributed by atoms with E-state index in [0.717, 1.165) is 32.8 Å². The highest BCUT2D eigenvalue weighted by Gasteiger charge is 2.24. The van der Waals surface area contributed by atoms with Crippen LogP contribution in [0.5, 0.6) is 0 Å². The number of carbonyl (C=O) groups is 2. The molecule has 39 heavy (non-hydrogen) atoms. The van der Waals surface area contributed by atoms with E-state index >= 15 is 0 Å². The van der Waals surface area contributed by atoms with Gasteiger partial charge >= 0.3 is 0 Å². The Morgan fingerprint density at radius 1 is 1.10 bits per heavy atom. The second-order valence-electron chi connectivity index (χ2n) is 8.53. The van der Waals surface area contributed by atoms with Crippen LogP contribution in [0.2, 0.25) is 0 Å². The van der Waals surface area contributed by atoms with Crippen molar-refractivity contribution in [3.8, 4) is 0 Å². The molecule has 196 valence electrons. The Hall–Kier alpha value is -4.77. The predicted octanol–water partition coefficient (Wildman–Crippen LogP) is 4.71. The van der Waals surface area contributed by atoms with Crippen LogP contribution in [0.25, 0.3) is 17.7 Å². The maximum absolute atomic E-state index is 13.5. The zero-order valence-electron chi connectivity index (χ0n) is 20.1. The Kier molecular flexibility index (Phi) is 7.24. The Morgan fingerprint density at radius 2 is 1.90 bits per heavy atom. The van der Waals surface area contributed by atoms with Gasteiger partial charge in [0.15, 0.2) is 17.5 Å². The highest BCUT2D eigenvalue weighted by molar-refractivity contribution is 7.10. The monoisotopic (exact) mass is 548 g/mol. The van der Waals surface area contributed by atoms with E-state index in [4.69, 9.17) is 0 Å². The number of fused-ring (bicyclic) bond motifs is 1. The largest absolute Gasteiger partial charge is 0.348 e. The quantitative estimate of drug-likeness (QED) is 0.259. The molecule has 0 aliphatic carbocycles. The van der Waals surface area contributed by atoms with Gasteiger partial charge < -0.3 is 15.2 Å². The van der Waals surface area contributed by atoms with Crippen molar-refractivity contribution in [2.45, 2.75) is 6.54 Å². The first-order chi connectivity index (χ1) is 18.8. The van der Waals surface area contributed by atoms with Crippen LogP contribution < -0.4 is 16.2 Å². The van der Waals surface area contributed by atoms with E-state index in [-0.39, 0.29) is 30.1 Å². The fourth-order valence-electron chi connectivity index (χ4n) is 4.06. The standard InChI is InChI=1S/C28H19F3N4O3S/c29-21-11-17(12-22(30)25(21)31)15-35-9-2-4-19(28(35)38)26(36)33-7-1-3-16-5-6-18-20(14-24-32-8-10-39-24)27(37)34-23(18)13-16/h1-6,8-14H,7,15H2,(H,33,36)(H,34,37)/b3-1+,20-14-. The number of hydrogen-bond acceptors (Lipinski definition) is 5. The Balaban J connectivity index is 1.23. The fourth-order valence-corrected chi connectivity index (χ4v) is 4.63. The second kappa shape index (κ2) is 10.9. The van der Waals surface area contributed by atoms with Crippen LogP contribution >= 0.6 is 11.3 Å². The highest BCUT2D eigenvalue weighted by Crippen LogP contribution is 2.34. The summed E-state index contributed by atoms with van der Waals surface area (Å²) in [5.74, 6) is -5.16. The topological polar surface area (TPSA) is 93.1 Å². The third-order valence-corrected chi connectivity index (χ3v) is 6.62. The van der Waals surface area contributed by atoms with Crippen LogP contribution in [0.4, 0.5) is 18.9 Å². The molecule has 0 atom stereocenters. The molecule has 1 aliphatic rings. The van der Waals surface area contributed by atoms with Crippen molar-refractivity contribution in [3.05, 3.63) is 121 Å². The van der Waals surface area contributed by atoms with Gasteiger partial charge in [-0.25, -0.2) is 18.2 Å². The first kappa shape index (κ1) is 25.9. The van der Waals surface area contributed by atoms with Gasteiger partial charge in [0.1, 0.15) is 10.6 Å². The molecule has 2 aromatic carbocycles. The maximum atomic E-state index is 13.5. The van der Waals surface area contributed by atoms with Crippen LogP contribution in [-0.2, 0) is 11.3 Å². The fraction of sp³-hybridized carbons (Fsp3) is 0.0714. The van der Waals surface area contributed by atoms with Crippen LogP contribution in [-0.4, -0.2) is 27.9 Å². The molecule has 0 unspecified atom stereocenters. The van der Waals surface area contributed by atoms with Crippen molar-refractivity contribution in [2.24, 2.45) is 0 Å². The van der Waals surface area contributed by atoms with Crippen molar-refractivity contribution >= 4 is 46.6 Å². The molecule has 2 N–H and O–H groups in total.